The molecule has 0 amide bonds. The molecule has 0 atom stereocenters. The van der Waals surface area contributed by atoms with Gasteiger partial charge in [-0.3, -0.25) is 0 Å². The second-order valence-electron chi connectivity index (χ2n) is 2.71. The first-order chi connectivity index (χ1) is 7.56. The van der Waals surface area contributed by atoms with E-state index in [1.165, 1.54) is 0 Å². The van der Waals surface area contributed by atoms with Crippen LogP contribution in [-0.2, 0) is 4.79 Å². The average molecular weight is 222 g/mol. The molecule has 0 bridgehead atoms. The lowest BCUT2D eigenvalue weighted by molar-refractivity contribution is -0.131. The molecule has 4 nitrogen and oxygen atoms in total. The summed E-state index contributed by atoms with van der Waals surface area (Å²) >= 11 is 0. The zero-order valence-corrected chi connectivity index (χ0v) is 8.80. The van der Waals surface area contributed by atoms with Gasteiger partial charge in [0.05, 0.1) is 0 Å². The van der Waals surface area contributed by atoms with E-state index < -0.39 is 5.97 Å². The molecular weight excluding hydrogens is 208 g/mol. The van der Waals surface area contributed by atoms with Gasteiger partial charge in [-0.05, 0) is 12.1 Å². The lowest BCUT2D eigenvalue weighted by atomic mass is 10.3. The quantitative estimate of drug-likeness (QED) is 0.606. The molecule has 2 N–H and O–H groups in total. The SMILES string of the molecule is C=C(O)COc1ccccc1.C=CC(=O)O. The van der Waals surface area contributed by atoms with Crippen molar-refractivity contribution in [3.8, 4) is 5.75 Å². The summed E-state index contributed by atoms with van der Waals surface area (Å²) in [6.07, 6.45) is 0.833. The fourth-order valence-electron chi connectivity index (χ4n) is 0.683. The zero-order valence-electron chi connectivity index (χ0n) is 8.80. The predicted molar refractivity (Wildman–Crippen MR) is 61.5 cm³/mol. The van der Waals surface area contributed by atoms with E-state index in [9.17, 15) is 4.79 Å². The molecule has 0 saturated carbocycles. The maximum atomic E-state index is 9.25. The van der Waals surface area contributed by atoms with Gasteiger partial charge in [0, 0.05) is 6.08 Å². The van der Waals surface area contributed by atoms with Crippen molar-refractivity contribution < 1.29 is 19.7 Å². The van der Waals surface area contributed by atoms with Crippen molar-refractivity contribution in [3.63, 3.8) is 0 Å². The van der Waals surface area contributed by atoms with Crippen molar-refractivity contribution in [2.24, 2.45) is 0 Å². The van der Waals surface area contributed by atoms with E-state index in [1.54, 1.807) is 0 Å². The highest BCUT2D eigenvalue weighted by Crippen LogP contribution is 2.08. The molecule has 0 heterocycles. The normalized spacial score (nSPS) is 8.25. The Morgan fingerprint density at radius 3 is 2.19 bits per heavy atom. The number of carbonyl (C=O) groups is 1. The number of carboxylic acids is 1. The van der Waals surface area contributed by atoms with Crippen LogP contribution in [-0.4, -0.2) is 22.8 Å². The van der Waals surface area contributed by atoms with Crippen LogP contribution in [0.1, 0.15) is 0 Å². The molecule has 0 unspecified atom stereocenters. The fraction of sp³-hybridized carbons (Fsp3) is 0.0833. The van der Waals surface area contributed by atoms with Crippen molar-refractivity contribution in [1.82, 2.24) is 0 Å². The van der Waals surface area contributed by atoms with Crippen LogP contribution >= 0.6 is 0 Å². The number of hydrogen-bond acceptors (Lipinski definition) is 3. The van der Waals surface area contributed by atoms with Gasteiger partial charge in [0.25, 0.3) is 0 Å². The summed E-state index contributed by atoms with van der Waals surface area (Å²) in [6.45, 7) is 6.42. The van der Waals surface area contributed by atoms with Gasteiger partial charge in [0.15, 0.2) is 0 Å². The second kappa shape index (κ2) is 8.11. The van der Waals surface area contributed by atoms with Crippen LogP contribution in [0.5, 0.6) is 5.75 Å². The standard InChI is InChI=1S/C9H10O2.C3H4O2/c1-8(10)7-11-9-5-3-2-4-6-9;1-2-3(4)5/h2-6,10H,1,7H2;2H,1H2,(H,4,5). The van der Waals surface area contributed by atoms with Crippen LogP contribution in [0.25, 0.3) is 0 Å². The molecule has 0 spiro atoms. The Bertz CT molecular complexity index is 343. The van der Waals surface area contributed by atoms with Crippen LogP contribution in [0, 0.1) is 0 Å². The number of aliphatic hydroxyl groups is 1. The Kier molecular flexibility index (Phi) is 6.98. The molecule has 86 valence electrons. The van der Waals surface area contributed by atoms with E-state index in [4.69, 9.17) is 14.9 Å². The van der Waals surface area contributed by atoms with Crippen LogP contribution in [0.2, 0.25) is 0 Å². The number of benzene rings is 1. The Morgan fingerprint density at radius 2 is 1.81 bits per heavy atom. The second-order valence-corrected chi connectivity index (χ2v) is 2.71. The first-order valence-electron chi connectivity index (χ1n) is 4.46. The summed E-state index contributed by atoms with van der Waals surface area (Å²) in [7, 11) is 0. The Balaban J connectivity index is 0.000000385. The van der Waals surface area contributed by atoms with Crippen LogP contribution < -0.4 is 4.74 Å². The van der Waals surface area contributed by atoms with Crippen molar-refractivity contribution >= 4 is 5.97 Å². The van der Waals surface area contributed by atoms with Crippen molar-refractivity contribution in [2.75, 3.05) is 6.61 Å². The van der Waals surface area contributed by atoms with Crippen molar-refractivity contribution in [2.45, 2.75) is 0 Å². The van der Waals surface area contributed by atoms with Crippen LogP contribution in [0.3, 0.4) is 0 Å². The smallest absolute Gasteiger partial charge is 0.327 e. The summed E-state index contributed by atoms with van der Waals surface area (Å²) in [4.78, 5) is 9.25. The molecule has 0 aliphatic carbocycles. The topological polar surface area (TPSA) is 66.8 Å². The summed E-state index contributed by atoms with van der Waals surface area (Å²) in [5, 5.41) is 16.3. The van der Waals surface area contributed by atoms with E-state index in [0.717, 1.165) is 11.8 Å². The molecule has 1 aromatic rings. The number of aliphatic carboxylic acids is 1. The third-order valence-electron chi connectivity index (χ3n) is 1.32. The van der Waals surface area contributed by atoms with Gasteiger partial charge in [0.1, 0.15) is 18.1 Å². The van der Waals surface area contributed by atoms with Crippen molar-refractivity contribution in [1.29, 1.82) is 0 Å². The third kappa shape index (κ3) is 8.37. The molecular formula is C12H14O4. The summed E-state index contributed by atoms with van der Waals surface area (Å²) in [5.74, 6) is -0.207. The summed E-state index contributed by atoms with van der Waals surface area (Å²) < 4.78 is 5.12. The monoisotopic (exact) mass is 222 g/mol. The van der Waals surface area contributed by atoms with E-state index >= 15 is 0 Å². The summed E-state index contributed by atoms with van der Waals surface area (Å²) in [6, 6.07) is 9.29. The molecule has 0 aliphatic heterocycles. The zero-order chi connectivity index (χ0) is 12.4. The minimum absolute atomic E-state index is 0.0360. The molecule has 4 heteroatoms. The summed E-state index contributed by atoms with van der Waals surface area (Å²) in [5.41, 5.74) is 0. The number of aliphatic hydroxyl groups excluding tert-OH is 1. The highest BCUT2D eigenvalue weighted by atomic mass is 16.5. The highest BCUT2D eigenvalue weighted by molar-refractivity contribution is 5.78. The minimum Gasteiger partial charge on any atom is -0.509 e. The molecule has 16 heavy (non-hydrogen) atoms. The lowest BCUT2D eigenvalue weighted by Gasteiger charge is -2.02. The molecule has 1 aromatic carbocycles. The van der Waals surface area contributed by atoms with E-state index in [-0.39, 0.29) is 12.4 Å². The largest absolute Gasteiger partial charge is 0.509 e. The molecule has 0 aromatic heterocycles. The highest BCUT2D eigenvalue weighted by Gasteiger charge is 1.91. The third-order valence-corrected chi connectivity index (χ3v) is 1.32. The molecule has 0 saturated heterocycles. The molecule has 1 rings (SSSR count). The van der Waals surface area contributed by atoms with Gasteiger partial charge in [0.2, 0.25) is 0 Å². The molecule has 0 radical (unpaired) electrons. The average Bonchev–Trinajstić information content (AvgIpc) is 2.28. The maximum Gasteiger partial charge on any atom is 0.327 e. The molecule has 0 aliphatic rings. The Labute approximate surface area is 94.1 Å². The predicted octanol–water partition coefficient (Wildman–Crippen LogP) is 2.39. The van der Waals surface area contributed by atoms with Gasteiger partial charge in [-0.2, -0.15) is 0 Å². The molecule has 0 fully saturated rings. The van der Waals surface area contributed by atoms with E-state index in [2.05, 4.69) is 13.2 Å². The number of rotatable bonds is 4. The van der Waals surface area contributed by atoms with Crippen LogP contribution in [0.15, 0.2) is 55.3 Å². The number of hydrogen-bond donors (Lipinski definition) is 2. The van der Waals surface area contributed by atoms with Gasteiger partial charge < -0.3 is 14.9 Å². The number of ether oxygens (including phenoxy) is 1. The first kappa shape index (κ1) is 13.8. The lowest BCUT2D eigenvalue weighted by Crippen LogP contribution is -1.98. The Hall–Kier alpha value is -2.23. The van der Waals surface area contributed by atoms with Gasteiger partial charge in [-0.25, -0.2) is 4.79 Å². The van der Waals surface area contributed by atoms with Gasteiger partial charge in [-0.15, -0.1) is 0 Å². The van der Waals surface area contributed by atoms with Crippen LogP contribution in [0.4, 0.5) is 0 Å². The van der Waals surface area contributed by atoms with E-state index in [1.807, 2.05) is 30.3 Å². The first-order valence-corrected chi connectivity index (χ1v) is 4.46. The van der Waals surface area contributed by atoms with Gasteiger partial charge >= 0.3 is 5.97 Å². The fourth-order valence-corrected chi connectivity index (χ4v) is 0.683. The Morgan fingerprint density at radius 1 is 1.31 bits per heavy atom. The maximum absolute atomic E-state index is 9.25. The van der Waals surface area contributed by atoms with Crippen molar-refractivity contribution in [3.05, 3.63) is 55.3 Å². The number of para-hydroxylation sites is 1. The minimum atomic E-state index is -0.981. The number of carboxylic acid groups (broad SMARTS) is 1. The van der Waals surface area contributed by atoms with Gasteiger partial charge in [-0.1, -0.05) is 31.4 Å². The van der Waals surface area contributed by atoms with E-state index in [0.29, 0.717) is 0 Å².